The number of carbonyl (C=O) groups excluding carboxylic acids is 2. The van der Waals surface area contributed by atoms with Crippen LogP contribution in [0.1, 0.15) is 53.0 Å². The lowest BCUT2D eigenvalue weighted by Crippen LogP contribution is -2.36. The molecule has 0 radical (unpaired) electrons. The van der Waals surface area contributed by atoms with Crippen LogP contribution in [0.5, 0.6) is 0 Å². The van der Waals surface area contributed by atoms with Crippen molar-refractivity contribution in [2.45, 2.75) is 44.6 Å². The molecule has 6 rings (SSSR count). The molecule has 3 heterocycles. The van der Waals surface area contributed by atoms with E-state index in [1.54, 1.807) is 6.07 Å². The summed E-state index contributed by atoms with van der Waals surface area (Å²) < 4.78 is 0. The number of nitro groups is 1. The summed E-state index contributed by atoms with van der Waals surface area (Å²) in [6.07, 6.45) is 4.29. The number of nitrogens with one attached hydrogen (secondary N) is 2. The minimum atomic E-state index is -0.788. The Morgan fingerprint density at radius 1 is 1.00 bits per heavy atom. The van der Waals surface area contributed by atoms with Crippen LogP contribution < -0.4 is 10.6 Å². The van der Waals surface area contributed by atoms with Gasteiger partial charge in [0.15, 0.2) is 0 Å². The molecule has 0 saturated carbocycles. The SMILES string of the molecule is O=C1Nc2ccc([N+](=O)[O-])cc2C1C(=Nc1ccc2c(c1)CCNC2)c1ccc(CCN2CCCCC2=O)cc1. The fraction of sp³-hybridized carbons (Fsp3) is 0.323. The van der Waals surface area contributed by atoms with Crippen LogP contribution in [0, 0.1) is 10.1 Å². The van der Waals surface area contributed by atoms with Gasteiger partial charge in [-0.15, -0.1) is 0 Å². The second-order valence-corrected chi connectivity index (χ2v) is 10.6. The number of nitro benzene ring substituents is 1. The molecular weight excluding hydrogens is 506 g/mol. The zero-order valence-corrected chi connectivity index (χ0v) is 22.2. The number of likely N-dealkylation sites (tertiary alicyclic amines) is 1. The third kappa shape index (κ3) is 5.24. The lowest BCUT2D eigenvalue weighted by Gasteiger charge is -2.26. The molecule has 204 valence electrons. The summed E-state index contributed by atoms with van der Waals surface area (Å²) in [4.78, 5) is 43.5. The Labute approximate surface area is 232 Å². The van der Waals surface area contributed by atoms with Crippen LogP contribution >= 0.6 is 0 Å². The van der Waals surface area contributed by atoms with Gasteiger partial charge in [0.2, 0.25) is 11.8 Å². The van der Waals surface area contributed by atoms with Crippen molar-refractivity contribution in [1.82, 2.24) is 10.2 Å². The van der Waals surface area contributed by atoms with Crippen LogP contribution in [0.25, 0.3) is 0 Å². The van der Waals surface area contributed by atoms with Gasteiger partial charge in [0, 0.05) is 49.4 Å². The molecule has 9 heteroatoms. The monoisotopic (exact) mass is 537 g/mol. The van der Waals surface area contributed by atoms with Gasteiger partial charge >= 0.3 is 0 Å². The molecule has 2 amide bonds. The van der Waals surface area contributed by atoms with E-state index >= 15 is 0 Å². The minimum Gasteiger partial charge on any atom is -0.342 e. The topological polar surface area (TPSA) is 117 Å². The Morgan fingerprint density at radius 2 is 1.85 bits per heavy atom. The van der Waals surface area contributed by atoms with E-state index in [-0.39, 0.29) is 17.5 Å². The van der Waals surface area contributed by atoms with Crippen molar-refractivity contribution in [2.24, 2.45) is 4.99 Å². The summed E-state index contributed by atoms with van der Waals surface area (Å²) in [5.41, 5.74) is 6.67. The number of benzene rings is 3. The van der Waals surface area contributed by atoms with Gasteiger partial charge in [-0.1, -0.05) is 30.3 Å². The molecule has 0 aromatic heterocycles. The first-order chi connectivity index (χ1) is 19.5. The molecule has 3 aromatic carbocycles. The Balaban J connectivity index is 1.35. The van der Waals surface area contributed by atoms with Gasteiger partial charge in [0.05, 0.1) is 16.3 Å². The maximum Gasteiger partial charge on any atom is 0.269 e. The van der Waals surface area contributed by atoms with E-state index in [1.807, 2.05) is 35.2 Å². The van der Waals surface area contributed by atoms with E-state index in [9.17, 15) is 19.7 Å². The Morgan fingerprint density at radius 3 is 2.65 bits per heavy atom. The summed E-state index contributed by atoms with van der Waals surface area (Å²) in [5, 5.41) is 17.8. The maximum absolute atomic E-state index is 13.3. The molecule has 3 aliphatic heterocycles. The van der Waals surface area contributed by atoms with Crippen LogP contribution in [-0.2, 0) is 29.0 Å². The maximum atomic E-state index is 13.3. The summed E-state index contributed by atoms with van der Waals surface area (Å²) in [6, 6.07) is 18.5. The molecule has 9 nitrogen and oxygen atoms in total. The Bertz CT molecular complexity index is 1510. The molecule has 0 aliphatic carbocycles. The fourth-order valence-corrected chi connectivity index (χ4v) is 5.81. The number of amides is 2. The zero-order valence-electron chi connectivity index (χ0n) is 22.2. The largest absolute Gasteiger partial charge is 0.342 e. The average molecular weight is 538 g/mol. The van der Waals surface area contributed by atoms with Crippen molar-refractivity contribution in [3.63, 3.8) is 0 Å². The molecule has 3 aromatic rings. The van der Waals surface area contributed by atoms with Crippen molar-refractivity contribution >= 4 is 34.6 Å². The molecular formula is C31H31N5O4. The second kappa shape index (κ2) is 11.0. The molecule has 1 fully saturated rings. The highest BCUT2D eigenvalue weighted by Crippen LogP contribution is 2.38. The van der Waals surface area contributed by atoms with Crippen LogP contribution in [0.4, 0.5) is 17.1 Å². The van der Waals surface area contributed by atoms with Crippen molar-refractivity contribution < 1.29 is 14.5 Å². The lowest BCUT2D eigenvalue weighted by molar-refractivity contribution is -0.384. The van der Waals surface area contributed by atoms with Crippen molar-refractivity contribution in [2.75, 3.05) is 25.0 Å². The highest BCUT2D eigenvalue weighted by molar-refractivity contribution is 6.24. The van der Waals surface area contributed by atoms with Gasteiger partial charge in [-0.05, 0) is 72.7 Å². The summed E-state index contributed by atoms with van der Waals surface area (Å²) >= 11 is 0. The third-order valence-electron chi connectivity index (χ3n) is 8.02. The van der Waals surface area contributed by atoms with E-state index < -0.39 is 10.8 Å². The highest BCUT2D eigenvalue weighted by atomic mass is 16.6. The minimum absolute atomic E-state index is 0.0662. The number of rotatable bonds is 7. The number of fused-ring (bicyclic) bond motifs is 2. The number of non-ortho nitro benzene ring substituents is 1. The number of carbonyl (C=O) groups is 2. The predicted molar refractivity (Wildman–Crippen MR) is 153 cm³/mol. The quantitative estimate of drug-likeness (QED) is 0.258. The first-order valence-corrected chi connectivity index (χ1v) is 13.8. The van der Waals surface area contributed by atoms with Gasteiger partial charge < -0.3 is 15.5 Å². The van der Waals surface area contributed by atoms with E-state index in [1.165, 1.54) is 23.3 Å². The third-order valence-corrected chi connectivity index (χ3v) is 8.02. The van der Waals surface area contributed by atoms with Crippen LogP contribution in [0.3, 0.4) is 0 Å². The van der Waals surface area contributed by atoms with Crippen molar-refractivity contribution in [1.29, 1.82) is 0 Å². The zero-order chi connectivity index (χ0) is 27.6. The van der Waals surface area contributed by atoms with E-state index in [2.05, 4.69) is 22.8 Å². The average Bonchev–Trinajstić information content (AvgIpc) is 3.30. The number of piperidine rings is 1. The number of hydrogen-bond donors (Lipinski definition) is 2. The highest BCUT2D eigenvalue weighted by Gasteiger charge is 2.36. The standard InChI is InChI=1S/C31H31N5O4/c37-28-3-1-2-15-35(28)16-13-20-4-6-21(7-5-20)30(33-24-9-8-23-19-32-14-12-22(23)17-24)29-26-18-25(36(39)40)10-11-27(26)34-31(29)38/h4-11,17-18,29,32H,1-3,12-16,19H2,(H,34,38). The number of hydrogen-bond acceptors (Lipinski definition) is 6. The van der Waals surface area contributed by atoms with E-state index in [0.29, 0.717) is 29.9 Å². The molecule has 2 N–H and O–H groups in total. The summed E-state index contributed by atoms with van der Waals surface area (Å²) in [6.45, 7) is 3.22. The Kier molecular flexibility index (Phi) is 7.13. The lowest BCUT2D eigenvalue weighted by atomic mass is 9.89. The van der Waals surface area contributed by atoms with Crippen LogP contribution in [0.15, 0.2) is 65.7 Å². The van der Waals surface area contributed by atoms with Crippen molar-refractivity contribution in [3.8, 4) is 0 Å². The van der Waals surface area contributed by atoms with Gasteiger partial charge in [0.1, 0.15) is 5.92 Å². The molecule has 3 aliphatic rings. The predicted octanol–water partition coefficient (Wildman–Crippen LogP) is 4.65. The van der Waals surface area contributed by atoms with Gasteiger partial charge in [-0.3, -0.25) is 24.7 Å². The summed E-state index contributed by atoms with van der Waals surface area (Å²) in [7, 11) is 0. The molecule has 0 bridgehead atoms. The first-order valence-electron chi connectivity index (χ1n) is 13.8. The van der Waals surface area contributed by atoms with Crippen LogP contribution in [-0.4, -0.2) is 47.0 Å². The summed E-state index contributed by atoms with van der Waals surface area (Å²) in [5.74, 6) is -0.827. The molecule has 1 atom stereocenters. The first kappa shape index (κ1) is 25.9. The molecule has 1 unspecified atom stereocenters. The number of aliphatic imine (C=N–C) groups is 1. The number of nitrogens with zero attached hydrogens (tertiary/aromatic N) is 3. The molecule has 0 spiro atoms. The smallest absolute Gasteiger partial charge is 0.269 e. The normalized spacial score (nSPS) is 18.8. The Hall–Kier alpha value is -4.37. The fourth-order valence-electron chi connectivity index (χ4n) is 5.81. The van der Waals surface area contributed by atoms with Gasteiger partial charge in [-0.2, -0.15) is 0 Å². The van der Waals surface area contributed by atoms with Gasteiger partial charge in [-0.25, -0.2) is 0 Å². The van der Waals surface area contributed by atoms with Crippen LogP contribution in [0.2, 0.25) is 0 Å². The molecule has 1 saturated heterocycles. The van der Waals surface area contributed by atoms with Gasteiger partial charge in [0.25, 0.3) is 5.69 Å². The number of anilines is 1. The second-order valence-electron chi connectivity index (χ2n) is 10.6. The van der Waals surface area contributed by atoms with Crippen molar-refractivity contribution in [3.05, 3.63) is 98.6 Å². The molecule has 40 heavy (non-hydrogen) atoms. The van der Waals surface area contributed by atoms with E-state index in [0.717, 1.165) is 62.1 Å². The van der Waals surface area contributed by atoms with E-state index in [4.69, 9.17) is 4.99 Å².